The topological polar surface area (TPSA) is 33.4 Å². The van der Waals surface area contributed by atoms with Gasteiger partial charge in [-0.3, -0.25) is 0 Å². The zero-order valence-corrected chi connectivity index (χ0v) is 9.34. The molecule has 2 nitrogen and oxygen atoms in total. The molecule has 0 unspecified atom stereocenters. The van der Waals surface area contributed by atoms with Crippen molar-refractivity contribution in [1.29, 1.82) is 0 Å². The summed E-state index contributed by atoms with van der Waals surface area (Å²) in [5.41, 5.74) is 1.88. The standard InChI is InChI=1S/C12H13ClO2/c1-2-3-8-4-9-6-10(7-14)15-12(9)11(13)5-8/h4-6,14H,2-3,7H2,1H3. The van der Waals surface area contributed by atoms with Crippen LogP contribution in [0.15, 0.2) is 22.6 Å². The second-order valence-corrected chi connectivity index (χ2v) is 4.02. The van der Waals surface area contributed by atoms with Crippen LogP contribution < -0.4 is 0 Å². The van der Waals surface area contributed by atoms with Gasteiger partial charge in [0.2, 0.25) is 0 Å². The fourth-order valence-corrected chi connectivity index (χ4v) is 2.02. The Hall–Kier alpha value is -0.990. The van der Waals surface area contributed by atoms with E-state index in [4.69, 9.17) is 21.1 Å². The van der Waals surface area contributed by atoms with E-state index in [9.17, 15) is 0 Å². The van der Waals surface area contributed by atoms with Gasteiger partial charge >= 0.3 is 0 Å². The van der Waals surface area contributed by atoms with E-state index in [1.807, 2.05) is 12.1 Å². The molecule has 0 aliphatic carbocycles. The Morgan fingerprint density at radius 2 is 2.13 bits per heavy atom. The van der Waals surface area contributed by atoms with Crippen LogP contribution in [0, 0.1) is 0 Å². The zero-order valence-electron chi connectivity index (χ0n) is 8.59. The molecule has 1 heterocycles. The van der Waals surface area contributed by atoms with Gasteiger partial charge in [-0.2, -0.15) is 0 Å². The van der Waals surface area contributed by atoms with Crippen LogP contribution in [0.4, 0.5) is 0 Å². The minimum Gasteiger partial charge on any atom is -0.457 e. The van der Waals surface area contributed by atoms with Crippen molar-refractivity contribution < 1.29 is 9.52 Å². The van der Waals surface area contributed by atoms with E-state index in [2.05, 4.69) is 13.0 Å². The minimum atomic E-state index is -0.0892. The fourth-order valence-electron chi connectivity index (χ4n) is 1.73. The van der Waals surface area contributed by atoms with E-state index in [-0.39, 0.29) is 6.61 Å². The Kier molecular flexibility index (Phi) is 2.98. The van der Waals surface area contributed by atoms with Gasteiger partial charge in [-0.25, -0.2) is 0 Å². The highest BCUT2D eigenvalue weighted by molar-refractivity contribution is 6.34. The molecule has 3 heteroatoms. The number of aryl methyl sites for hydroxylation is 1. The van der Waals surface area contributed by atoms with Crippen LogP contribution in [0.3, 0.4) is 0 Å². The van der Waals surface area contributed by atoms with Gasteiger partial charge in [0.05, 0.1) is 5.02 Å². The smallest absolute Gasteiger partial charge is 0.152 e. The Bertz CT molecular complexity index is 474. The number of benzene rings is 1. The van der Waals surface area contributed by atoms with Crippen molar-refractivity contribution in [1.82, 2.24) is 0 Å². The predicted molar refractivity (Wildman–Crippen MR) is 61.1 cm³/mol. The largest absolute Gasteiger partial charge is 0.457 e. The number of halogens is 1. The summed E-state index contributed by atoms with van der Waals surface area (Å²) in [5, 5.41) is 10.6. The van der Waals surface area contributed by atoms with Crippen molar-refractivity contribution in [2.24, 2.45) is 0 Å². The Balaban J connectivity index is 2.54. The molecule has 1 aromatic heterocycles. The van der Waals surface area contributed by atoms with Crippen molar-refractivity contribution in [2.45, 2.75) is 26.4 Å². The first-order valence-corrected chi connectivity index (χ1v) is 5.44. The summed E-state index contributed by atoms with van der Waals surface area (Å²) in [6.45, 7) is 2.04. The maximum Gasteiger partial charge on any atom is 0.152 e. The Morgan fingerprint density at radius 3 is 2.80 bits per heavy atom. The molecule has 0 amide bonds. The molecule has 0 bridgehead atoms. The van der Waals surface area contributed by atoms with E-state index in [1.54, 1.807) is 0 Å². The molecule has 80 valence electrons. The number of furan rings is 1. The van der Waals surface area contributed by atoms with E-state index < -0.39 is 0 Å². The second kappa shape index (κ2) is 4.25. The van der Waals surface area contributed by atoms with E-state index in [1.165, 1.54) is 5.56 Å². The van der Waals surface area contributed by atoms with Crippen LogP contribution in [0.1, 0.15) is 24.7 Å². The van der Waals surface area contributed by atoms with E-state index in [0.717, 1.165) is 18.2 Å². The summed E-state index contributed by atoms with van der Waals surface area (Å²) >= 11 is 6.09. The highest BCUT2D eigenvalue weighted by atomic mass is 35.5. The van der Waals surface area contributed by atoms with E-state index in [0.29, 0.717) is 16.4 Å². The van der Waals surface area contributed by atoms with Gasteiger partial charge in [-0.1, -0.05) is 24.9 Å². The van der Waals surface area contributed by atoms with Gasteiger partial charge in [-0.15, -0.1) is 0 Å². The number of hydrogen-bond acceptors (Lipinski definition) is 2. The lowest BCUT2D eigenvalue weighted by Gasteiger charge is -1.99. The number of fused-ring (bicyclic) bond motifs is 1. The monoisotopic (exact) mass is 224 g/mol. The zero-order chi connectivity index (χ0) is 10.8. The molecule has 0 aliphatic heterocycles. The van der Waals surface area contributed by atoms with Crippen molar-refractivity contribution in [2.75, 3.05) is 0 Å². The fraction of sp³-hybridized carbons (Fsp3) is 0.333. The maximum atomic E-state index is 8.97. The normalized spacial score (nSPS) is 11.1. The van der Waals surface area contributed by atoms with Crippen molar-refractivity contribution in [3.63, 3.8) is 0 Å². The summed E-state index contributed by atoms with van der Waals surface area (Å²) in [5.74, 6) is 0.556. The van der Waals surface area contributed by atoms with Gasteiger partial charge in [0.1, 0.15) is 12.4 Å². The SMILES string of the molecule is CCCc1cc(Cl)c2oc(CO)cc2c1. The summed E-state index contributed by atoms with van der Waals surface area (Å²) in [4.78, 5) is 0. The van der Waals surface area contributed by atoms with Crippen molar-refractivity contribution >= 4 is 22.6 Å². The molecular weight excluding hydrogens is 212 g/mol. The third-order valence-corrected chi connectivity index (χ3v) is 2.66. The van der Waals surface area contributed by atoms with Crippen LogP contribution >= 0.6 is 11.6 Å². The first-order valence-electron chi connectivity index (χ1n) is 5.06. The Morgan fingerprint density at radius 1 is 1.33 bits per heavy atom. The molecule has 0 radical (unpaired) electrons. The van der Waals surface area contributed by atoms with Gasteiger partial charge in [0.15, 0.2) is 5.58 Å². The lowest BCUT2D eigenvalue weighted by Crippen LogP contribution is -1.82. The van der Waals surface area contributed by atoms with Crippen LogP contribution in [0.25, 0.3) is 11.0 Å². The third kappa shape index (κ3) is 2.01. The van der Waals surface area contributed by atoms with Gasteiger partial charge in [-0.05, 0) is 30.2 Å². The number of hydrogen-bond donors (Lipinski definition) is 1. The van der Waals surface area contributed by atoms with Crippen LogP contribution in [0.5, 0.6) is 0 Å². The van der Waals surface area contributed by atoms with Gasteiger partial charge in [0.25, 0.3) is 0 Å². The van der Waals surface area contributed by atoms with Crippen LogP contribution in [-0.4, -0.2) is 5.11 Å². The van der Waals surface area contributed by atoms with Crippen LogP contribution in [0.2, 0.25) is 5.02 Å². The van der Waals surface area contributed by atoms with Crippen molar-refractivity contribution in [3.8, 4) is 0 Å². The number of aliphatic hydroxyl groups excluding tert-OH is 1. The molecule has 0 saturated heterocycles. The highest BCUT2D eigenvalue weighted by Gasteiger charge is 2.08. The molecule has 0 atom stereocenters. The second-order valence-electron chi connectivity index (χ2n) is 3.62. The summed E-state index contributed by atoms with van der Waals surface area (Å²) in [7, 11) is 0. The Labute approximate surface area is 93.5 Å². The third-order valence-electron chi connectivity index (χ3n) is 2.38. The molecule has 15 heavy (non-hydrogen) atoms. The molecular formula is C12H13ClO2. The molecule has 2 rings (SSSR count). The molecule has 0 saturated carbocycles. The first kappa shape index (κ1) is 10.5. The predicted octanol–water partition coefficient (Wildman–Crippen LogP) is 3.53. The summed E-state index contributed by atoms with van der Waals surface area (Å²) in [6.07, 6.45) is 2.10. The molecule has 0 aliphatic rings. The first-order chi connectivity index (χ1) is 7.24. The molecule has 1 aromatic carbocycles. The van der Waals surface area contributed by atoms with Gasteiger partial charge < -0.3 is 9.52 Å². The number of aliphatic hydroxyl groups is 1. The average molecular weight is 225 g/mol. The summed E-state index contributed by atoms with van der Waals surface area (Å²) in [6, 6.07) is 5.83. The quantitative estimate of drug-likeness (QED) is 0.865. The maximum absolute atomic E-state index is 8.97. The lowest BCUT2D eigenvalue weighted by molar-refractivity contribution is 0.251. The summed E-state index contributed by atoms with van der Waals surface area (Å²) < 4.78 is 5.40. The van der Waals surface area contributed by atoms with Crippen molar-refractivity contribution in [3.05, 3.63) is 34.5 Å². The molecule has 0 spiro atoms. The average Bonchev–Trinajstić information content (AvgIpc) is 2.62. The molecule has 1 N–H and O–H groups in total. The minimum absolute atomic E-state index is 0.0892. The molecule has 0 fully saturated rings. The highest BCUT2D eigenvalue weighted by Crippen LogP contribution is 2.29. The number of rotatable bonds is 3. The molecule has 2 aromatic rings. The van der Waals surface area contributed by atoms with E-state index >= 15 is 0 Å². The van der Waals surface area contributed by atoms with Crippen LogP contribution in [-0.2, 0) is 13.0 Å². The van der Waals surface area contributed by atoms with Gasteiger partial charge in [0, 0.05) is 5.39 Å². The lowest BCUT2D eigenvalue weighted by atomic mass is 10.1.